The summed E-state index contributed by atoms with van der Waals surface area (Å²) in [6, 6.07) is 2.75. The molecule has 1 N–H and O–H groups in total. The van der Waals surface area contributed by atoms with E-state index in [1.165, 1.54) is 12.1 Å². The first kappa shape index (κ1) is 11.9. The smallest absolute Gasteiger partial charge is 0.387 e. The van der Waals surface area contributed by atoms with E-state index < -0.39 is 6.61 Å². The summed E-state index contributed by atoms with van der Waals surface area (Å²) in [4.78, 5) is 0. The minimum absolute atomic E-state index is 0.0379. The molecule has 0 spiro atoms. The minimum Gasteiger partial charge on any atom is -0.435 e. The lowest BCUT2D eigenvalue weighted by Gasteiger charge is -2.09. The van der Waals surface area contributed by atoms with Crippen LogP contribution in [0.1, 0.15) is 5.56 Å². The van der Waals surface area contributed by atoms with Crippen LogP contribution >= 0.6 is 31.9 Å². The number of hydrogen-bond donors (Lipinski definition) is 1. The third-order valence-corrected chi connectivity index (χ3v) is 2.91. The highest BCUT2D eigenvalue weighted by Gasteiger charge is 2.10. The highest BCUT2D eigenvalue weighted by molar-refractivity contribution is 9.11. The Balaban J connectivity index is 3.01. The Bertz CT molecular complexity index is 308. The molecular formula is C8H6Br2F2O2. The molecule has 0 radical (unpaired) electrons. The second-order valence-corrected chi connectivity index (χ2v) is 4.11. The highest BCUT2D eigenvalue weighted by Crippen LogP contribution is 2.31. The summed E-state index contributed by atoms with van der Waals surface area (Å²) in [5, 5.41) is 8.92. The molecule has 0 atom stereocenters. The standard InChI is InChI=1S/C8H6Br2F2O2/c9-6-1-4(14-8(11)12)2-7(10)5(6)3-13/h1-2,8,13H,3H2. The molecule has 0 unspecified atom stereocenters. The van der Waals surface area contributed by atoms with Gasteiger partial charge in [0.2, 0.25) is 0 Å². The summed E-state index contributed by atoms with van der Waals surface area (Å²) in [6.07, 6.45) is 0. The summed E-state index contributed by atoms with van der Waals surface area (Å²) in [5.74, 6) is 0.0379. The fourth-order valence-corrected chi connectivity index (χ4v) is 2.30. The van der Waals surface area contributed by atoms with E-state index in [0.29, 0.717) is 14.5 Å². The van der Waals surface area contributed by atoms with Crippen molar-refractivity contribution in [3.05, 3.63) is 26.6 Å². The normalized spacial score (nSPS) is 10.7. The van der Waals surface area contributed by atoms with Crippen LogP contribution in [0, 0.1) is 0 Å². The fraction of sp³-hybridized carbons (Fsp3) is 0.250. The maximum atomic E-state index is 11.9. The number of benzene rings is 1. The molecule has 0 bridgehead atoms. The molecule has 2 nitrogen and oxygen atoms in total. The zero-order valence-corrected chi connectivity index (χ0v) is 9.98. The van der Waals surface area contributed by atoms with E-state index in [1.54, 1.807) is 0 Å². The summed E-state index contributed by atoms with van der Waals surface area (Å²) >= 11 is 6.27. The molecule has 1 rings (SSSR count). The molecule has 0 aliphatic carbocycles. The first-order valence-electron chi connectivity index (χ1n) is 3.58. The van der Waals surface area contributed by atoms with Gasteiger partial charge in [-0.15, -0.1) is 0 Å². The first-order valence-corrected chi connectivity index (χ1v) is 5.16. The van der Waals surface area contributed by atoms with Crippen LogP contribution in [0.25, 0.3) is 0 Å². The molecule has 1 aromatic carbocycles. The maximum absolute atomic E-state index is 11.9. The molecule has 0 fully saturated rings. The number of aliphatic hydroxyl groups is 1. The first-order chi connectivity index (χ1) is 6.54. The molecule has 0 aliphatic heterocycles. The van der Waals surface area contributed by atoms with E-state index in [-0.39, 0.29) is 12.4 Å². The zero-order chi connectivity index (χ0) is 10.7. The van der Waals surface area contributed by atoms with Crippen molar-refractivity contribution in [2.24, 2.45) is 0 Å². The van der Waals surface area contributed by atoms with Gasteiger partial charge < -0.3 is 9.84 Å². The molecule has 0 heterocycles. The quantitative estimate of drug-likeness (QED) is 0.920. The molecule has 14 heavy (non-hydrogen) atoms. The van der Waals surface area contributed by atoms with Crippen molar-refractivity contribution in [2.45, 2.75) is 13.2 Å². The third kappa shape index (κ3) is 2.90. The average molecular weight is 332 g/mol. The lowest BCUT2D eigenvalue weighted by Crippen LogP contribution is -2.02. The molecule has 0 amide bonds. The van der Waals surface area contributed by atoms with Gasteiger partial charge in [0.25, 0.3) is 0 Å². The Morgan fingerprint density at radius 1 is 1.29 bits per heavy atom. The number of rotatable bonds is 3. The van der Waals surface area contributed by atoms with E-state index in [1.807, 2.05) is 0 Å². The van der Waals surface area contributed by atoms with Crippen molar-refractivity contribution in [1.82, 2.24) is 0 Å². The Kier molecular flexibility index (Phi) is 4.28. The van der Waals surface area contributed by atoms with E-state index in [0.717, 1.165) is 0 Å². The number of ether oxygens (including phenoxy) is 1. The second kappa shape index (κ2) is 5.04. The van der Waals surface area contributed by atoms with E-state index in [9.17, 15) is 8.78 Å². The van der Waals surface area contributed by atoms with Crippen molar-refractivity contribution in [3.63, 3.8) is 0 Å². The largest absolute Gasteiger partial charge is 0.435 e. The van der Waals surface area contributed by atoms with Gasteiger partial charge in [-0.2, -0.15) is 8.78 Å². The van der Waals surface area contributed by atoms with E-state index >= 15 is 0 Å². The Labute approximate surface area is 96.1 Å². The van der Waals surface area contributed by atoms with Crippen molar-refractivity contribution in [2.75, 3.05) is 0 Å². The van der Waals surface area contributed by atoms with Gasteiger partial charge >= 0.3 is 6.61 Å². The van der Waals surface area contributed by atoms with Gasteiger partial charge in [0.15, 0.2) is 0 Å². The highest BCUT2D eigenvalue weighted by atomic mass is 79.9. The van der Waals surface area contributed by atoms with Gasteiger partial charge in [-0.25, -0.2) is 0 Å². The van der Waals surface area contributed by atoms with Crippen molar-refractivity contribution < 1.29 is 18.6 Å². The SMILES string of the molecule is OCc1c(Br)cc(OC(F)F)cc1Br. The van der Waals surface area contributed by atoms with Crippen LogP contribution in [0.3, 0.4) is 0 Å². The van der Waals surface area contributed by atoms with Crippen LogP contribution in [0.5, 0.6) is 5.75 Å². The summed E-state index contributed by atoms with van der Waals surface area (Å²) in [5.41, 5.74) is 0.589. The van der Waals surface area contributed by atoms with Crippen LogP contribution in [-0.2, 0) is 6.61 Å². The topological polar surface area (TPSA) is 29.5 Å². The summed E-state index contributed by atoms with van der Waals surface area (Å²) < 4.78 is 29.0. The molecule has 0 aliphatic rings. The van der Waals surface area contributed by atoms with Gasteiger partial charge in [-0.1, -0.05) is 31.9 Å². The predicted octanol–water partition coefficient (Wildman–Crippen LogP) is 3.31. The number of hydrogen-bond acceptors (Lipinski definition) is 2. The minimum atomic E-state index is -2.85. The third-order valence-electron chi connectivity index (χ3n) is 1.50. The lowest BCUT2D eigenvalue weighted by molar-refractivity contribution is -0.0499. The molecule has 0 saturated heterocycles. The van der Waals surface area contributed by atoms with Crippen LogP contribution < -0.4 is 4.74 Å². The van der Waals surface area contributed by atoms with Gasteiger partial charge in [0.1, 0.15) is 5.75 Å². The zero-order valence-electron chi connectivity index (χ0n) is 6.81. The lowest BCUT2D eigenvalue weighted by atomic mass is 10.2. The molecule has 0 aromatic heterocycles. The summed E-state index contributed by atoms with van der Waals surface area (Å²) in [7, 11) is 0. The summed E-state index contributed by atoms with van der Waals surface area (Å²) in [6.45, 7) is -3.04. The average Bonchev–Trinajstić information content (AvgIpc) is 2.01. The number of alkyl halides is 2. The van der Waals surface area contributed by atoms with Crippen LogP contribution in [0.4, 0.5) is 8.78 Å². The fourth-order valence-electron chi connectivity index (χ4n) is 0.902. The Morgan fingerprint density at radius 2 is 1.79 bits per heavy atom. The Morgan fingerprint density at radius 3 is 2.14 bits per heavy atom. The van der Waals surface area contributed by atoms with Gasteiger partial charge in [-0.3, -0.25) is 0 Å². The number of aliphatic hydroxyl groups excluding tert-OH is 1. The molecule has 0 saturated carbocycles. The number of halogens is 4. The van der Waals surface area contributed by atoms with Gasteiger partial charge in [0, 0.05) is 14.5 Å². The molecular weight excluding hydrogens is 326 g/mol. The van der Waals surface area contributed by atoms with Crippen molar-refractivity contribution in [1.29, 1.82) is 0 Å². The van der Waals surface area contributed by atoms with Crippen LogP contribution in [-0.4, -0.2) is 11.7 Å². The van der Waals surface area contributed by atoms with Crippen LogP contribution in [0.2, 0.25) is 0 Å². The van der Waals surface area contributed by atoms with Crippen molar-refractivity contribution >= 4 is 31.9 Å². The van der Waals surface area contributed by atoms with E-state index in [4.69, 9.17) is 5.11 Å². The molecule has 6 heteroatoms. The van der Waals surface area contributed by atoms with Crippen LogP contribution in [0.15, 0.2) is 21.1 Å². The molecule has 78 valence electrons. The van der Waals surface area contributed by atoms with Gasteiger partial charge in [-0.05, 0) is 12.1 Å². The molecule has 1 aromatic rings. The van der Waals surface area contributed by atoms with Crippen molar-refractivity contribution in [3.8, 4) is 5.75 Å². The predicted molar refractivity (Wildman–Crippen MR) is 54.4 cm³/mol. The van der Waals surface area contributed by atoms with E-state index in [2.05, 4.69) is 36.6 Å². The van der Waals surface area contributed by atoms with Gasteiger partial charge in [0.05, 0.1) is 6.61 Å². The monoisotopic (exact) mass is 330 g/mol. The Hall–Kier alpha value is -0.200. The maximum Gasteiger partial charge on any atom is 0.387 e. The second-order valence-electron chi connectivity index (χ2n) is 2.40.